The van der Waals surface area contributed by atoms with Crippen LogP contribution in [0.15, 0.2) is 24.3 Å². The molecule has 0 radical (unpaired) electrons. The minimum absolute atomic E-state index is 0.0147. The number of ketones is 1. The van der Waals surface area contributed by atoms with E-state index >= 15 is 0 Å². The predicted octanol–water partition coefficient (Wildman–Crippen LogP) is 1.18. The Morgan fingerprint density at radius 3 is 2.17 bits per heavy atom. The molecule has 1 aromatic carbocycles. The van der Waals surface area contributed by atoms with Gasteiger partial charge in [-0.2, -0.15) is 0 Å². The molecule has 0 aliphatic heterocycles. The molecule has 0 atom stereocenters. The monoisotopic (exact) mass is 335 g/mol. The van der Waals surface area contributed by atoms with Gasteiger partial charge >= 0.3 is 11.9 Å². The Kier molecular flexibility index (Phi) is 7.10. The van der Waals surface area contributed by atoms with Gasteiger partial charge in [-0.3, -0.25) is 9.59 Å². The number of nitrogens with one attached hydrogen (secondary N) is 1. The van der Waals surface area contributed by atoms with Crippen LogP contribution in [-0.4, -0.2) is 42.9 Å². The van der Waals surface area contributed by atoms with E-state index in [4.69, 9.17) is 9.47 Å². The number of hydrogen-bond donors (Lipinski definition) is 1. The van der Waals surface area contributed by atoms with Gasteiger partial charge in [-0.1, -0.05) is 23.8 Å². The number of carbonyl (C=O) groups excluding carboxylic acids is 4. The molecule has 7 heteroatoms. The van der Waals surface area contributed by atoms with Gasteiger partial charge in [-0.25, -0.2) is 9.59 Å². The molecule has 0 aromatic heterocycles. The highest BCUT2D eigenvalue weighted by molar-refractivity contribution is 6.12. The van der Waals surface area contributed by atoms with Gasteiger partial charge in [0.25, 0.3) is 0 Å². The van der Waals surface area contributed by atoms with Crippen LogP contribution in [0.25, 0.3) is 0 Å². The Bertz CT molecular complexity index is 607. The van der Waals surface area contributed by atoms with Crippen LogP contribution in [-0.2, 0) is 23.9 Å². The van der Waals surface area contributed by atoms with Crippen LogP contribution in [0, 0.1) is 6.92 Å². The van der Waals surface area contributed by atoms with Gasteiger partial charge < -0.3 is 14.8 Å². The van der Waals surface area contributed by atoms with E-state index in [1.54, 1.807) is 32.0 Å². The Morgan fingerprint density at radius 1 is 1.12 bits per heavy atom. The van der Waals surface area contributed by atoms with E-state index < -0.39 is 29.7 Å². The molecule has 1 amide bonds. The van der Waals surface area contributed by atoms with E-state index in [2.05, 4.69) is 5.32 Å². The lowest BCUT2D eigenvalue weighted by Crippen LogP contribution is -2.60. The van der Waals surface area contributed by atoms with Crippen molar-refractivity contribution in [2.45, 2.75) is 32.7 Å². The smallest absolute Gasteiger partial charge is 0.344 e. The van der Waals surface area contributed by atoms with Crippen LogP contribution < -0.4 is 5.32 Å². The Balaban J connectivity index is 3.24. The number of amides is 1. The Labute approximate surface area is 140 Å². The van der Waals surface area contributed by atoms with Crippen LogP contribution >= 0.6 is 0 Å². The average molecular weight is 335 g/mol. The van der Waals surface area contributed by atoms with Crippen LogP contribution in [0.2, 0.25) is 0 Å². The van der Waals surface area contributed by atoms with E-state index in [0.717, 1.165) is 5.56 Å². The fourth-order valence-corrected chi connectivity index (χ4v) is 2.17. The molecule has 0 saturated carbocycles. The third-order valence-electron chi connectivity index (χ3n) is 3.32. The SMILES string of the molecule is CCOC(=O)C(CC(=O)c1cccc(C)c1)(NC=O)C(=O)OCC. The first-order valence-corrected chi connectivity index (χ1v) is 7.57. The summed E-state index contributed by atoms with van der Waals surface area (Å²) >= 11 is 0. The Hall–Kier alpha value is -2.70. The Morgan fingerprint density at radius 2 is 1.71 bits per heavy atom. The predicted molar refractivity (Wildman–Crippen MR) is 85.3 cm³/mol. The minimum Gasteiger partial charge on any atom is -0.464 e. The normalized spacial score (nSPS) is 10.6. The highest BCUT2D eigenvalue weighted by Crippen LogP contribution is 2.20. The zero-order chi connectivity index (χ0) is 18.2. The maximum atomic E-state index is 12.5. The van der Waals surface area contributed by atoms with Crippen molar-refractivity contribution < 1.29 is 28.7 Å². The molecule has 0 aliphatic carbocycles. The lowest BCUT2D eigenvalue weighted by atomic mass is 9.90. The van der Waals surface area contributed by atoms with E-state index in [1.807, 2.05) is 13.0 Å². The lowest BCUT2D eigenvalue weighted by molar-refractivity contribution is -0.167. The third kappa shape index (κ3) is 4.41. The molecular formula is C17H21NO6. The molecule has 0 aliphatic rings. The number of benzene rings is 1. The maximum Gasteiger partial charge on any atom is 0.344 e. The van der Waals surface area contributed by atoms with Gasteiger partial charge in [0.1, 0.15) is 0 Å². The standard InChI is InChI=1S/C17H21NO6/c1-4-23-15(21)17(18-11-19,16(22)24-5-2)10-14(20)13-8-6-7-12(3)9-13/h6-9,11H,4-5,10H2,1-3H3,(H,18,19). The van der Waals surface area contributed by atoms with E-state index in [0.29, 0.717) is 5.56 Å². The van der Waals surface area contributed by atoms with Crippen molar-refractivity contribution in [1.29, 1.82) is 0 Å². The largest absolute Gasteiger partial charge is 0.464 e. The average Bonchev–Trinajstić information content (AvgIpc) is 2.54. The summed E-state index contributed by atoms with van der Waals surface area (Å²) in [7, 11) is 0. The summed E-state index contributed by atoms with van der Waals surface area (Å²) < 4.78 is 9.75. The summed E-state index contributed by atoms with van der Waals surface area (Å²) in [5.74, 6) is -2.55. The molecule has 0 spiro atoms. The maximum absolute atomic E-state index is 12.5. The molecule has 24 heavy (non-hydrogen) atoms. The molecule has 0 saturated heterocycles. The molecule has 0 heterocycles. The minimum atomic E-state index is -2.20. The quantitative estimate of drug-likeness (QED) is 0.315. The van der Waals surface area contributed by atoms with Gasteiger partial charge in [0.2, 0.25) is 11.9 Å². The van der Waals surface area contributed by atoms with E-state index in [9.17, 15) is 19.2 Å². The third-order valence-corrected chi connectivity index (χ3v) is 3.32. The first-order valence-electron chi connectivity index (χ1n) is 7.57. The fourth-order valence-electron chi connectivity index (χ4n) is 2.17. The summed E-state index contributed by atoms with van der Waals surface area (Å²) in [6, 6.07) is 6.69. The number of carbonyl (C=O) groups is 4. The summed E-state index contributed by atoms with van der Waals surface area (Å²) in [5.41, 5.74) is -1.03. The van der Waals surface area contributed by atoms with Crippen molar-refractivity contribution in [2.75, 3.05) is 13.2 Å². The zero-order valence-corrected chi connectivity index (χ0v) is 14.0. The molecular weight excluding hydrogens is 314 g/mol. The van der Waals surface area contributed by atoms with Crippen molar-refractivity contribution in [2.24, 2.45) is 0 Å². The zero-order valence-electron chi connectivity index (χ0n) is 14.0. The van der Waals surface area contributed by atoms with Crippen molar-refractivity contribution in [3.05, 3.63) is 35.4 Å². The summed E-state index contributed by atoms with van der Waals surface area (Å²) in [6.45, 7) is 4.89. The van der Waals surface area contributed by atoms with Crippen molar-refractivity contribution in [3.63, 3.8) is 0 Å². The first kappa shape index (κ1) is 19.3. The number of esters is 2. The number of hydrogen-bond acceptors (Lipinski definition) is 6. The van der Waals surface area contributed by atoms with Gasteiger partial charge in [0.05, 0.1) is 19.6 Å². The second-order valence-electron chi connectivity index (χ2n) is 5.08. The molecule has 7 nitrogen and oxygen atoms in total. The lowest BCUT2D eigenvalue weighted by Gasteiger charge is -2.27. The summed E-state index contributed by atoms with van der Waals surface area (Å²) in [5, 5.41) is 2.13. The van der Waals surface area contributed by atoms with Gasteiger partial charge in [-0.15, -0.1) is 0 Å². The van der Waals surface area contributed by atoms with Gasteiger partial charge in [-0.05, 0) is 26.8 Å². The molecule has 130 valence electrons. The van der Waals surface area contributed by atoms with E-state index in [1.165, 1.54) is 0 Å². The number of ether oxygens (including phenoxy) is 2. The highest BCUT2D eigenvalue weighted by Gasteiger charge is 2.50. The summed E-state index contributed by atoms with van der Waals surface area (Å²) in [6.07, 6.45) is -0.412. The molecule has 0 unspecified atom stereocenters. The number of rotatable bonds is 9. The van der Waals surface area contributed by atoms with Crippen molar-refractivity contribution in [1.82, 2.24) is 5.32 Å². The highest BCUT2D eigenvalue weighted by atomic mass is 16.6. The second kappa shape index (κ2) is 8.81. The second-order valence-corrected chi connectivity index (χ2v) is 5.08. The molecule has 0 fully saturated rings. The first-order chi connectivity index (χ1) is 11.4. The molecule has 0 bridgehead atoms. The van der Waals surface area contributed by atoms with Crippen LogP contribution in [0.5, 0.6) is 0 Å². The molecule has 1 aromatic rings. The number of aryl methyl sites for hydroxylation is 1. The summed E-state index contributed by atoms with van der Waals surface area (Å²) in [4.78, 5) is 48.1. The van der Waals surface area contributed by atoms with Crippen LogP contribution in [0.1, 0.15) is 36.2 Å². The van der Waals surface area contributed by atoms with Crippen LogP contribution in [0.3, 0.4) is 0 Å². The van der Waals surface area contributed by atoms with Crippen molar-refractivity contribution in [3.8, 4) is 0 Å². The van der Waals surface area contributed by atoms with Crippen molar-refractivity contribution >= 4 is 24.1 Å². The van der Waals surface area contributed by atoms with Gasteiger partial charge in [0, 0.05) is 5.56 Å². The van der Waals surface area contributed by atoms with E-state index in [-0.39, 0.29) is 19.6 Å². The van der Waals surface area contributed by atoms with Gasteiger partial charge in [0.15, 0.2) is 5.78 Å². The molecule has 1 rings (SSSR count). The number of Topliss-reactive ketones (excluding diaryl/α,β-unsaturated/α-hetero) is 1. The fraction of sp³-hybridized carbons (Fsp3) is 0.412. The van der Waals surface area contributed by atoms with Crippen LogP contribution in [0.4, 0.5) is 0 Å². The topological polar surface area (TPSA) is 98.8 Å². The molecule has 1 N–H and O–H groups in total.